The van der Waals surface area contributed by atoms with E-state index in [0.29, 0.717) is 24.9 Å². The number of rotatable bonds is 4. The fourth-order valence-corrected chi connectivity index (χ4v) is 3.21. The van der Waals surface area contributed by atoms with E-state index in [0.717, 1.165) is 11.3 Å². The molecule has 0 spiro atoms. The quantitative estimate of drug-likeness (QED) is 0.869. The molecule has 9 heteroatoms. The Bertz CT molecular complexity index is 789. The monoisotopic (exact) mass is 337 g/mol. The zero-order valence-corrected chi connectivity index (χ0v) is 13.8. The highest BCUT2D eigenvalue weighted by molar-refractivity contribution is 7.88. The molecule has 1 aliphatic heterocycles. The second kappa shape index (κ2) is 6.26. The highest BCUT2D eigenvalue weighted by Crippen LogP contribution is 2.23. The van der Waals surface area contributed by atoms with Crippen LogP contribution in [0.15, 0.2) is 24.3 Å². The minimum atomic E-state index is -3.24. The van der Waals surface area contributed by atoms with Crippen LogP contribution in [0.25, 0.3) is 0 Å². The Kier molecular flexibility index (Phi) is 4.33. The lowest BCUT2D eigenvalue weighted by Gasteiger charge is -2.29. The Balaban J connectivity index is 1.73. The SMILES string of the molecule is Cc1ccccc1Nc1n[nH]c(C2CN(S(C)(=O)=O)CCO2)n1. The number of aromatic nitrogens is 3. The summed E-state index contributed by atoms with van der Waals surface area (Å²) in [6.45, 7) is 2.92. The van der Waals surface area contributed by atoms with Crippen molar-refractivity contribution in [3.05, 3.63) is 35.7 Å². The van der Waals surface area contributed by atoms with Gasteiger partial charge in [-0.05, 0) is 18.6 Å². The van der Waals surface area contributed by atoms with Gasteiger partial charge in [-0.1, -0.05) is 18.2 Å². The second-order valence-corrected chi connectivity index (χ2v) is 7.45. The minimum absolute atomic E-state index is 0.234. The van der Waals surface area contributed by atoms with Gasteiger partial charge in [-0.3, -0.25) is 5.10 Å². The van der Waals surface area contributed by atoms with Crippen molar-refractivity contribution in [3.63, 3.8) is 0 Å². The molecule has 2 aromatic rings. The summed E-state index contributed by atoms with van der Waals surface area (Å²) in [5.41, 5.74) is 2.00. The van der Waals surface area contributed by atoms with E-state index in [9.17, 15) is 8.42 Å². The Morgan fingerprint density at radius 3 is 2.91 bits per heavy atom. The van der Waals surface area contributed by atoms with Gasteiger partial charge in [0.05, 0.1) is 12.9 Å². The molecule has 1 unspecified atom stereocenters. The smallest absolute Gasteiger partial charge is 0.246 e. The van der Waals surface area contributed by atoms with Crippen molar-refractivity contribution in [3.8, 4) is 0 Å². The van der Waals surface area contributed by atoms with E-state index >= 15 is 0 Å². The second-order valence-electron chi connectivity index (χ2n) is 5.46. The van der Waals surface area contributed by atoms with Gasteiger partial charge in [-0.25, -0.2) is 8.42 Å². The maximum atomic E-state index is 11.7. The molecule has 2 N–H and O–H groups in total. The van der Waals surface area contributed by atoms with Crippen molar-refractivity contribution in [1.82, 2.24) is 19.5 Å². The average molecular weight is 337 g/mol. The summed E-state index contributed by atoms with van der Waals surface area (Å²) >= 11 is 0. The van der Waals surface area contributed by atoms with Gasteiger partial charge in [0, 0.05) is 18.8 Å². The number of hydrogen-bond donors (Lipinski definition) is 2. The number of H-pyrrole nitrogens is 1. The fraction of sp³-hybridized carbons (Fsp3) is 0.429. The summed E-state index contributed by atoms with van der Waals surface area (Å²) < 4.78 is 30.3. The normalized spacial score (nSPS) is 19.7. The molecule has 23 heavy (non-hydrogen) atoms. The number of ether oxygens (including phenoxy) is 1. The van der Waals surface area contributed by atoms with Crippen LogP contribution in [0.4, 0.5) is 11.6 Å². The first-order chi connectivity index (χ1) is 10.9. The standard InChI is InChI=1S/C14H19N5O3S/c1-10-5-3-4-6-11(10)15-14-16-13(17-18-14)12-9-19(7-8-22-12)23(2,20)21/h3-6,12H,7-9H2,1-2H3,(H2,15,16,17,18). The van der Waals surface area contributed by atoms with E-state index < -0.39 is 16.1 Å². The van der Waals surface area contributed by atoms with Crippen LogP contribution in [0.5, 0.6) is 0 Å². The molecule has 1 atom stereocenters. The highest BCUT2D eigenvalue weighted by atomic mass is 32.2. The summed E-state index contributed by atoms with van der Waals surface area (Å²) in [7, 11) is -3.24. The number of sulfonamides is 1. The first-order valence-electron chi connectivity index (χ1n) is 7.25. The number of hydrogen-bond acceptors (Lipinski definition) is 6. The lowest BCUT2D eigenvalue weighted by molar-refractivity contribution is -0.00709. The van der Waals surface area contributed by atoms with Crippen LogP contribution in [-0.2, 0) is 14.8 Å². The number of para-hydroxylation sites is 1. The molecule has 0 bridgehead atoms. The first-order valence-corrected chi connectivity index (χ1v) is 9.10. The number of benzene rings is 1. The summed E-state index contributed by atoms with van der Waals surface area (Å²) in [5.74, 6) is 0.934. The summed E-state index contributed by atoms with van der Waals surface area (Å²) in [6.07, 6.45) is 0.749. The van der Waals surface area contributed by atoms with Crippen molar-refractivity contribution < 1.29 is 13.2 Å². The molecule has 1 aromatic heterocycles. The van der Waals surface area contributed by atoms with Crippen LogP contribution in [0.1, 0.15) is 17.5 Å². The number of morpholine rings is 1. The van der Waals surface area contributed by atoms with E-state index in [4.69, 9.17) is 4.74 Å². The van der Waals surface area contributed by atoms with E-state index in [-0.39, 0.29) is 6.54 Å². The van der Waals surface area contributed by atoms with Gasteiger partial charge in [-0.15, -0.1) is 5.10 Å². The van der Waals surface area contributed by atoms with Gasteiger partial charge in [0.15, 0.2) is 5.82 Å². The summed E-state index contributed by atoms with van der Waals surface area (Å²) in [5, 5.41) is 10.1. The lowest BCUT2D eigenvalue weighted by atomic mass is 10.2. The van der Waals surface area contributed by atoms with Gasteiger partial charge in [0.1, 0.15) is 6.10 Å². The van der Waals surface area contributed by atoms with E-state index in [1.165, 1.54) is 10.6 Å². The molecule has 1 fully saturated rings. The molecule has 3 rings (SSSR count). The number of anilines is 2. The number of nitrogens with zero attached hydrogens (tertiary/aromatic N) is 3. The number of aromatic amines is 1. The van der Waals surface area contributed by atoms with E-state index in [2.05, 4.69) is 20.5 Å². The maximum absolute atomic E-state index is 11.7. The molecule has 1 aromatic carbocycles. The summed E-state index contributed by atoms with van der Waals surface area (Å²) in [6, 6.07) is 7.81. The van der Waals surface area contributed by atoms with Gasteiger partial charge in [0.25, 0.3) is 0 Å². The van der Waals surface area contributed by atoms with E-state index in [1.54, 1.807) is 0 Å². The largest absolute Gasteiger partial charge is 0.367 e. The molecule has 0 radical (unpaired) electrons. The van der Waals surface area contributed by atoms with Crippen LogP contribution in [0.2, 0.25) is 0 Å². The molecule has 0 aliphatic carbocycles. The number of nitrogens with one attached hydrogen (secondary N) is 2. The molecule has 1 saturated heterocycles. The van der Waals surface area contributed by atoms with Gasteiger partial charge in [-0.2, -0.15) is 9.29 Å². The molecule has 124 valence electrons. The summed E-state index contributed by atoms with van der Waals surface area (Å²) in [4.78, 5) is 4.36. The zero-order chi connectivity index (χ0) is 16.4. The predicted octanol–water partition coefficient (Wildman–Crippen LogP) is 1.19. The third-order valence-corrected chi connectivity index (χ3v) is 4.97. The average Bonchev–Trinajstić information content (AvgIpc) is 2.98. The maximum Gasteiger partial charge on any atom is 0.246 e. The molecule has 0 saturated carbocycles. The Labute approximate surface area is 134 Å². The van der Waals surface area contributed by atoms with Gasteiger partial charge < -0.3 is 10.1 Å². The van der Waals surface area contributed by atoms with Crippen LogP contribution in [-0.4, -0.2) is 53.9 Å². The van der Waals surface area contributed by atoms with Crippen LogP contribution in [0, 0.1) is 6.92 Å². The van der Waals surface area contributed by atoms with Crippen molar-refractivity contribution in [2.24, 2.45) is 0 Å². The molecule has 2 heterocycles. The molecule has 0 amide bonds. The lowest BCUT2D eigenvalue weighted by Crippen LogP contribution is -2.41. The van der Waals surface area contributed by atoms with Crippen molar-refractivity contribution in [1.29, 1.82) is 0 Å². The predicted molar refractivity (Wildman–Crippen MR) is 86.0 cm³/mol. The van der Waals surface area contributed by atoms with E-state index in [1.807, 2.05) is 31.2 Å². The Hall–Kier alpha value is -1.97. The number of aryl methyl sites for hydroxylation is 1. The highest BCUT2D eigenvalue weighted by Gasteiger charge is 2.29. The molecule has 1 aliphatic rings. The van der Waals surface area contributed by atoms with Crippen molar-refractivity contribution >= 4 is 21.7 Å². The van der Waals surface area contributed by atoms with Crippen molar-refractivity contribution in [2.75, 3.05) is 31.3 Å². The third-order valence-electron chi connectivity index (χ3n) is 3.70. The first kappa shape index (κ1) is 15.9. The molecular formula is C14H19N5O3S. The Morgan fingerprint density at radius 2 is 2.17 bits per heavy atom. The van der Waals surface area contributed by atoms with Crippen LogP contribution < -0.4 is 5.32 Å². The Morgan fingerprint density at radius 1 is 1.39 bits per heavy atom. The van der Waals surface area contributed by atoms with Crippen molar-refractivity contribution in [2.45, 2.75) is 13.0 Å². The molecular weight excluding hydrogens is 318 g/mol. The molecule has 8 nitrogen and oxygen atoms in total. The third kappa shape index (κ3) is 3.69. The van der Waals surface area contributed by atoms with Gasteiger partial charge in [0.2, 0.25) is 16.0 Å². The fourth-order valence-electron chi connectivity index (χ4n) is 2.40. The minimum Gasteiger partial charge on any atom is -0.367 e. The van der Waals surface area contributed by atoms with Crippen LogP contribution >= 0.6 is 0 Å². The topological polar surface area (TPSA) is 100 Å². The zero-order valence-electron chi connectivity index (χ0n) is 13.0. The van der Waals surface area contributed by atoms with Gasteiger partial charge >= 0.3 is 0 Å². The van der Waals surface area contributed by atoms with Crippen LogP contribution in [0.3, 0.4) is 0 Å².